The number of anilines is 1. The van der Waals surface area contributed by atoms with Crippen molar-refractivity contribution in [2.75, 3.05) is 18.4 Å². The van der Waals surface area contributed by atoms with Gasteiger partial charge in [0.25, 0.3) is 17.6 Å². The molecule has 4 amide bonds. The SMILES string of the molecule is Cc1ccc(NC(=O)c2ccc3ccccc3c2)c(C(=O)C(=O)NCCCN/C(=N/C(=O)OC(C)(C)C)NC(=O)OC(C)(C)C)c1. The van der Waals surface area contributed by atoms with Crippen molar-refractivity contribution in [2.24, 2.45) is 4.99 Å². The fraction of sp³-hybridized carbons (Fsp3) is 0.353. The summed E-state index contributed by atoms with van der Waals surface area (Å²) < 4.78 is 10.4. The van der Waals surface area contributed by atoms with Crippen molar-refractivity contribution in [1.82, 2.24) is 16.0 Å². The second-order valence-corrected chi connectivity index (χ2v) is 12.5. The molecule has 0 aromatic heterocycles. The van der Waals surface area contributed by atoms with Crippen LogP contribution in [0.15, 0.2) is 65.7 Å². The van der Waals surface area contributed by atoms with Crippen LogP contribution < -0.4 is 21.3 Å². The van der Waals surface area contributed by atoms with Crippen molar-refractivity contribution in [3.05, 3.63) is 77.4 Å². The number of amides is 4. The molecule has 4 N–H and O–H groups in total. The van der Waals surface area contributed by atoms with Gasteiger partial charge in [-0.1, -0.05) is 42.0 Å². The number of hydrogen-bond donors (Lipinski definition) is 4. The number of Topliss-reactive ketones (excluding diaryl/α,β-unsaturated/α-hetero) is 1. The van der Waals surface area contributed by atoms with Crippen LogP contribution in [-0.4, -0.2) is 60.0 Å². The maximum atomic E-state index is 13.1. The highest BCUT2D eigenvalue weighted by Gasteiger charge is 2.22. The van der Waals surface area contributed by atoms with Gasteiger partial charge in [0.05, 0.1) is 11.3 Å². The number of aliphatic imine (C=N–C) groups is 1. The second kappa shape index (κ2) is 15.2. The second-order valence-electron chi connectivity index (χ2n) is 12.5. The Morgan fingerprint density at radius 1 is 0.761 bits per heavy atom. The molecule has 0 radical (unpaired) electrons. The Morgan fingerprint density at radius 3 is 2.09 bits per heavy atom. The van der Waals surface area contributed by atoms with E-state index in [1.807, 2.05) is 30.3 Å². The molecule has 244 valence electrons. The Hall–Kier alpha value is -5.26. The van der Waals surface area contributed by atoms with Gasteiger partial charge in [-0.05, 0) is 89.9 Å². The smallest absolute Gasteiger partial charge is 0.437 e. The van der Waals surface area contributed by atoms with Crippen molar-refractivity contribution in [2.45, 2.75) is 66.1 Å². The molecule has 0 saturated carbocycles. The number of aryl methyl sites for hydroxylation is 1. The monoisotopic (exact) mass is 631 g/mol. The first-order chi connectivity index (χ1) is 21.5. The quantitative estimate of drug-likeness (QED) is 0.0833. The standard InChI is InChI=1S/C34H41N5O7/c1-21-13-16-26(37-28(41)24-15-14-22-11-8-9-12-23(22)20-24)25(19-21)27(40)29(42)35-17-10-18-36-30(38-31(43)45-33(2,3)4)39-32(44)46-34(5,6)7/h8-9,11-16,19-20H,10,17-18H2,1-7H3,(H,35,42)(H,37,41)(H2,36,38,39,43,44). The highest BCUT2D eigenvalue weighted by atomic mass is 16.6. The third kappa shape index (κ3) is 11.3. The summed E-state index contributed by atoms with van der Waals surface area (Å²) in [7, 11) is 0. The van der Waals surface area contributed by atoms with E-state index in [0.29, 0.717) is 12.0 Å². The zero-order valence-corrected chi connectivity index (χ0v) is 27.2. The van der Waals surface area contributed by atoms with Crippen LogP contribution in [0.3, 0.4) is 0 Å². The average Bonchev–Trinajstić information content (AvgIpc) is 2.95. The van der Waals surface area contributed by atoms with E-state index in [4.69, 9.17) is 9.47 Å². The van der Waals surface area contributed by atoms with Crippen LogP contribution >= 0.6 is 0 Å². The summed E-state index contributed by atoms with van der Waals surface area (Å²) in [6.07, 6.45) is -1.46. The minimum absolute atomic E-state index is 0.0538. The predicted octanol–water partition coefficient (Wildman–Crippen LogP) is 5.49. The zero-order valence-electron chi connectivity index (χ0n) is 27.2. The van der Waals surface area contributed by atoms with E-state index < -0.39 is 41.0 Å². The highest BCUT2D eigenvalue weighted by molar-refractivity contribution is 6.44. The van der Waals surface area contributed by atoms with Gasteiger partial charge in [-0.25, -0.2) is 9.59 Å². The number of guanidine groups is 1. The minimum Gasteiger partial charge on any atom is -0.444 e. The normalized spacial score (nSPS) is 11.8. The molecule has 0 bridgehead atoms. The fourth-order valence-electron chi connectivity index (χ4n) is 4.07. The van der Waals surface area contributed by atoms with Gasteiger partial charge in [0.1, 0.15) is 11.2 Å². The van der Waals surface area contributed by atoms with Crippen molar-refractivity contribution < 1.29 is 33.4 Å². The van der Waals surface area contributed by atoms with Crippen molar-refractivity contribution in [3.8, 4) is 0 Å². The van der Waals surface area contributed by atoms with E-state index in [1.165, 1.54) is 0 Å². The molecule has 0 saturated heterocycles. The Balaban J connectivity index is 1.60. The third-order valence-electron chi connectivity index (χ3n) is 6.03. The third-order valence-corrected chi connectivity index (χ3v) is 6.03. The predicted molar refractivity (Wildman–Crippen MR) is 176 cm³/mol. The number of benzene rings is 3. The maximum Gasteiger partial charge on any atom is 0.437 e. The number of hydrogen-bond acceptors (Lipinski definition) is 7. The number of nitrogens with one attached hydrogen (secondary N) is 4. The van der Waals surface area contributed by atoms with Crippen LogP contribution in [0.1, 0.15) is 74.2 Å². The number of nitrogens with zero attached hydrogens (tertiary/aromatic N) is 1. The highest BCUT2D eigenvalue weighted by Crippen LogP contribution is 2.21. The van der Waals surface area contributed by atoms with E-state index in [-0.39, 0.29) is 30.3 Å². The Bertz CT molecular complexity index is 1650. The van der Waals surface area contributed by atoms with Crippen molar-refractivity contribution in [1.29, 1.82) is 0 Å². The largest absolute Gasteiger partial charge is 0.444 e. The molecule has 0 aliphatic rings. The van der Waals surface area contributed by atoms with Crippen LogP contribution in [0.4, 0.5) is 15.3 Å². The van der Waals surface area contributed by atoms with E-state index in [2.05, 4.69) is 26.3 Å². The fourth-order valence-corrected chi connectivity index (χ4v) is 4.07. The number of ketones is 1. The Labute approximate surface area is 268 Å². The van der Waals surface area contributed by atoms with Gasteiger partial charge < -0.3 is 25.4 Å². The van der Waals surface area contributed by atoms with E-state index >= 15 is 0 Å². The first-order valence-electron chi connectivity index (χ1n) is 14.8. The van der Waals surface area contributed by atoms with Crippen LogP contribution in [-0.2, 0) is 14.3 Å². The summed E-state index contributed by atoms with van der Waals surface area (Å²) in [6, 6.07) is 17.8. The minimum atomic E-state index is -0.924. The average molecular weight is 632 g/mol. The summed E-state index contributed by atoms with van der Waals surface area (Å²) in [5.41, 5.74) is -0.178. The van der Waals surface area contributed by atoms with E-state index in [9.17, 15) is 24.0 Å². The molecule has 0 atom stereocenters. The summed E-state index contributed by atoms with van der Waals surface area (Å²) in [4.78, 5) is 67.2. The first-order valence-corrected chi connectivity index (χ1v) is 14.8. The lowest BCUT2D eigenvalue weighted by Crippen LogP contribution is -2.45. The number of carbonyl (C=O) groups excluding carboxylic acids is 5. The Morgan fingerprint density at radius 2 is 1.41 bits per heavy atom. The summed E-state index contributed by atoms with van der Waals surface area (Å²) in [6.45, 7) is 12.1. The molecule has 12 heteroatoms. The summed E-state index contributed by atoms with van der Waals surface area (Å²) in [5.74, 6) is -2.29. The van der Waals surface area contributed by atoms with E-state index in [1.54, 1.807) is 78.8 Å². The van der Waals surface area contributed by atoms with Crippen LogP contribution in [0.25, 0.3) is 10.8 Å². The lowest BCUT2D eigenvalue weighted by Gasteiger charge is -2.21. The molecular formula is C34H41N5O7. The number of carbonyl (C=O) groups is 5. The lowest BCUT2D eigenvalue weighted by atomic mass is 10.0. The van der Waals surface area contributed by atoms with Crippen LogP contribution in [0.5, 0.6) is 0 Å². The van der Waals surface area contributed by atoms with Crippen molar-refractivity contribution in [3.63, 3.8) is 0 Å². The molecule has 0 heterocycles. The van der Waals surface area contributed by atoms with Gasteiger partial charge in [-0.15, -0.1) is 4.99 Å². The number of fused-ring (bicyclic) bond motifs is 1. The van der Waals surface area contributed by atoms with Crippen LogP contribution in [0, 0.1) is 6.92 Å². The lowest BCUT2D eigenvalue weighted by molar-refractivity contribution is -0.117. The molecule has 3 aromatic carbocycles. The molecule has 0 aliphatic carbocycles. The van der Waals surface area contributed by atoms with Gasteiger partial charge in [0, 0.05) is 18.7 Å². The molecule has 12 nitrogen and oxygen atoms in total. The molecule has 0 aliphatic heterocycles. The molecule has 0 fully saturated rings. The number of ether oxygens (including phenoxy) is 2. The van der Waals surface area contributed by atoms with Gasteiger partial charge in [0.15, 0.2) is 0 Å². The summed E-state index contributed by atoms with van der Waals surface area (Å²) >= 11 is 0. The number of rotatable bonds is 8. The molecule has 0 spiro atoms. The maximum absolute atomic E-state index is 13.1. The molecule has 3 aromatic rings. The Kier molecular flexibility index (Phi) is 11.6. The van der Waals surface area contributed by atoms with Crippen LogP contribution in [0.2, 0.25) is 0 Å². The van der Waals surface area contributed by atoms with Crippen molar-refractivity contribution >= 4 is 52.2 Å². The molecule has 3 rings (SSSR count). The summed E-state index contributed by atoms with van der Waals surface area (Å²) in [5, 5.41) is 12.4. The van der Waals surface area contributed by atoms with Gasteiger partial charge in [0.2, 0.25) is 5.96 Å². The van der Waals surface area contributed by atoms with Gasteiger partial charge in [-0.3, -0.25) is 19.7 Å². The van der Waals surface area contributed by atoms with E-state index in [0.717, 1.165) is 16.3 Å². The first kappa shape index (κ1) is 35.2. The topological polar surface area (TPSA) is 164 Å². The molecule has 46 heavy (non-hydrogen) atoms. The van der Waals surface area contributed by atoms with Gasteiger partial charge in [-0.2, -0.15) is 0 Å². The molecular weight excluding hydrogens is 590 g/mol. The number of alkyl carbamates (subject to hydrolysis) is 1. The zero-order chi connectivity index (χ0) is 34.1. The van der Waals surface area contributed by atoms with Gasteiger partial charge >= 0.3 is 12.2 Å². The molecule has 0 unspecified atom stereocenters.